The van der Waals surface area contributed by atoms with Gasteiger partial charge in [-0.15, -0.1) is 24.0 Å². The molecule has 7 nitrogen and oxygen atoms in total. The van der Waals surface area contributed by atoms with E-state index in [0.29, 0.717) is 12.3 Å². The first kappa shape index (κ1) is 21.3. The highest BCUT2D eigenvalue weighted by molar-refractivity contribution is 14.0. The quantitative estimate of drug-likeness (QED) is 0.360. The number of benzene rings is 2. The molecule has 3 N–H and O–H groups in total. The van der Waals surface area contributed by atoms with Crippen molar-refractivity contribution in [1.29, 1.82) is 0 Å². The number of nitrogens with zero attached hydrogens (tertiary/aromatic N) is 2. The van der Waals surface area contributed by atoms with E-state index in [1.165, 1.54) is 4.31 Å². The summed E-state index contributed by atoms with van der Waals surface area (Å²) < 4.78 is 31.8. The number of methoxy groups -OCH3 is 1. The zero-order valence-electron chi connectivity index (χ0n) is 15.0. The van der Waals surface area contributed by atoms with Crippen LogP contribution in [0.15, 0.2) is 53.5 Å². The summed E-state index contributed by atoms with van der Waals surface area (Å²) in [6.45, 7) is 0.562. The molecule has 2 aromatic carbocycles. The lowest BCUT2D eigenvalue weighted by molar-refractivity contribution is 0.415. The van der Waals surface area contributed by atoms with Gasteiger partial charge < -0.3 is 15.8 Å². The summed E-state index contributed by atoms with van der Waals surface area (Å²) in [7, 11) is -1.85. The first-order valence-corrected chi connectivity index (χ1v) is 9.90. The number of hydrogen-bond acceptors (Lipinski definition) is 4. The average Bonchev–Trinajstić information content (AvgIpc) is 3.06. The van der Waals surface area contributed by atoms with Gasteiger partial charge in [0.2, 0.25) is 10.0 Å². The van der Waals surface area contributed by atoms with Gasteiger partial charge >= 0.3 is 0 Å². The summed E-state index contributed by atoms with van der Waals surface area (Å²) in [4.78, 5) is 4.12. The minimum Gasteiger partial charge on any atom is -0.497 e. The monoisotopic (exact) mass is 502 g/mol. The molecule has 0 aliphatic carbocycles. The lowest BCUT2D eigenvalue weighted by Crippen LogP contribution is -2.33. The summed E-state index contributed by atoms with van der Waals surface area (Å²) in [6, 6.07) is 14.8. The van der Waals surface area contributed by atoms with Gasteiger partial charge in [0.25, 0.3) is 0 Å². The number of para-hydroxylation sites is 1. The van der Waals surface area contributed by atoms with Gasteiger partial charge in [-0.1, -0.05) is 24.3 Å². The van der Waals surface area contributed by atoms with Crippen molar-refractivity contribution in [1.82, 2.24) is 0 Å². The number of halogens is 1. The van der Waals surface area contributed by atoms with Crippen LogP contribution in [0.2, 0.25) is 0 Å². The lowest BCUT2D eigenvalue weighted by Gasteiger charge is -2.18. The normalized spacial score (nSPS) is 13.7. The number of aliphatic imine (C=N–C) groups is 1. The molecule has 0 atom stereocenters. The standard InChI is InChI=1S/C18H22N4O3S.HI/c1-25-16-7-4-6-15(13-16)21-18(19)20-10-12-26(23,24)22-11-9-14-5-2-3-8-17(14)22;/h2-8,13H,9-12H2,1H3,(H3,19,20,21);1H. The van der Waals surface area contributed by atoms with E-state index < -0.39 is 10.0 Å². The van der Waals surface area contributed by atoms with Crippen LogP contribution in [0.4, 0.5) is 11.4 Å². The molecule has 1 heterocycles. The van der Waals surface area contributed by atoms with E-state index in [9.17, 15) is 8.42 Å². The maximum absolute atomic E-state index is 12.6. The highest BCUT2D eigenvalue weighted by Gasteiger charge is 2.28. The van der Waals surface area contributed by atoms with Gasteiger partial charge in [0.1, 0.15) is 5.75 Å². The maximum Gasteiger partial charge on any atom is 0.237 e. The second-order valence-corrected chi connectivity index (χ2v) is 7.90. The highest BCUT2D eigenvalue weighted by atomic mass is 127. The molecule has 0 amide bonds. The van der Waals surface area contributed by atoms with E-state index in [1.54, 1.807) is 13.2 Å². The molecule has 146 valence electrons. The summed E-state index contributed by atoms with van der Waals surface area (Å²) >= 11 is 0. The molecule has 2 aromatic rings. The second-order valence-electron chi connectivity index (χ2n) is 5.89. The summed E-state index contributed by atoms with van der Waals surface area (Å²) in [5.74, 6) is 0.760. The zero-order valence-corrected chi connectivity index (χ0v) is 18.1. The molecule has 0 unspecified atom stereocenters. The first-order valence-electron chi connectivity index (χ1n) is 8.29. The summed E-state index contributed by atoms with van der Waals surface area (Å²) in [5, 5.41) is 2.93. The van der Waals surface area contributed by atoms with Gasteiger partial charge in [-0.25, -0.2) is 8.42 Å². The van der Waals surface area contributed by atoms with Crippen LogP contribution in [0.25, 0.3) is 0 Å². The number of ether oxygens (including phenoxy) is 1. The molecular formula is C18H23IN4O3S. The van der Waals surface area contributed by atoms with Crippen molar-refractivity contribution in [3.63, 3.8) is 0 Å². The van der Waals surface area contributed by atoms with Crippen LogP contribution in [0.1, 0.15) is 5.56 Å². The summed E-state index contributed by atoms with van der Waals surface area (Å²) in [6.07, 6.45) is 0.734. The molecule has 3 rings (SSSR count). The van der Waals surface area contributed by atoms with Gasteiger partial charge in [-0.3, -0.25) is 9.30 Å². The van der Waals surface area contributed by atoms with Crippen molar-refractivity contribution in [2.75, 3.05) is 35.6 Å². The molecular weight excluding hydrogens is 479 g/mol. The second kappa shape index (κ2) is 9.27. The van der Waals surface area contributed by atoms with Crippen LogP contribution in [-0.4, -0.2) is 40.3 Å². The van der Waals surface area contributed by atoms with E-state index in [-0.39, 0.29) is 42.2 Å². The first-order chi connectivity index (χ1) is 12.5. The third-order valence-electron chi connectivity index (χ3n) is 4.15. The molecule has 0 fully saturated rings. The van der Waals surface area contributed by atoms with Crippen molar-refractivity contribution < 1.29 is 13.2 Å². The van der Waals surface area contributed by atoms with Crippen LogP contribution in [0.5, 0.6) is 5.75 Å². The van der Waals surface area contributed by atoms with Crippen LogP contribution in [0, 0.1) is 0 Å². The van der Waals surface area contributed by atoms with Crippen molar-refractivity contribution in [3.05, 3.63) is 54.1 Å². The number of nitrogens with one attached hydrogen (secondary N) is 1. The van der Waals surface area contributed by atoms with Crippen LogP contribution < -0.4 is 20.1 Å². The molecule has 0 saturated carbocycles. The Balaban J connectivity index is 0.00000261. The number of anilines is 2. The Morgan fingerprint density at radius 3 is 2.81 bits per heavy atom. The lowest BCUT2D eigenvalue weighted by atomic mass is 10.2. The third kappa shape index (κ3) is 5.25. The van der Waals surface area contributed by atoms with Crippen molar-refractivity contribution in [2.45, 2.75) is 6.42 Å². The van der Waals surface area contributed by atoms with Crippen molar-refractivity contribution in [3.8, 4) is 5.75 Å². The van der Waals surface area contributed by atoms with E-state index in [1.807, 2.05) is 42.5 Å². The molecule has 0 bridgehead atoms. The van der Waals surface area contributed by atoms with Crippen LogP contribution >= 0.6 is 24.0 Å². The SMILES string of the molecule is COc1cccc(NC(N)=NCCS(=O)(=O)N2CCc3ccccc32)c1.I. The van der Waals surface area contributed by atoms with Gasteiger partial charge in [0, 0.05) is 18.3 Å². The Hall–Kier alpha value is -2.01. The predicted octanol–water partition coefficient (Wildman–Crippen LogP) is 2.43. The van der Waals surface area contributed by atoms with Gasteiger partial charge in [-0.2, -0.15) is 0 Å². The molecule has 1 aliphatic heterocycles. The Morgan fingerprint density at radius 2 is 2.04 bits per heavy atom. The highest BCUT2D eigenvalue weighted by Crippen LogP contribution is 2.29. The Bertz CT molecular complexity index is 918. The minimum absolute atomic E-state index is 0. The number of sulfonamides is 1. The van der Waals surface area contributed by atoms with Gasteiger partial charge in [0.15, 0.2) is 5.96 Å². The largest absolute Gasteiger partial charge is 0.497 e. The van der Waals surface area contributed by atoms with Crippen molar-refractivity contribution >= 4 is 51.3 Å². The van der Waals surface area contributed by atoms with E-state index in [4.69, 9.17) is 10.5 Å². The number of fused-ring (bicyclic) bond motifs is 1. The van der Waals surface area contributed by atoms with Gasteiger partial charge in [-0.05, 0) is 30.2 Å². The average molecular weight is 502 g/mol. The van der Waals surface area contributed by atoms with Crippen molar-refractivity contribution in [2.24, 2.45) is 10.7 Å². The number of hydrogen-bond donors (Lipinski definition) is 2. The Morgan fingerprint density at radius 1 is 1.26 bits per heavy atom. The topological polar surface area (TPSA) is 97.0 Å². The predicted molar refractivity (Wildman–Crippen MR) is 120 cm³/mol. The molecule has 27 heavy (non-hydrogen) atoms. The van der Waals surface area contributed by atoms with E-state index in [2.05, 4.69) is 10.3 Å². The fraction of sp³-hybridized carbons (Fsp3) is 0.278. The van der Waals surface area contributed by atoms with Crippen LogP contribution in [0.3, 0.4) is 0 Å². The smallest absolute Gasteiger partial charge is 0.237 e. The fourth-order valence-electron chi connectivity index (χ4n) is 2.88. The molecule has 9 heteroatoms. The van der Waals surface area contributed by atoms with E-state index >= 15 is 0 Å². The maximum atomic E-state index is 12.6. The molecule has 0 radical (unpaired) electrons. The minimum atomic E-state index is -3.43. The third-order valence-corrected chi connectivity index (χ3v) is 5.90. The number of guanidine groups is 1. The van der Waals surface area contributed by atoms with Crippen LogP contribution in [-0.2, 0) is 16.4 Å². The molecule has 0 aromatic heterocycles. The Kier molecular flexibility index (Phi) is 7.31. The molecule has 1 aliphatic rings. The van der Waals surface area contributed by atoms with E-state index in [0.717, 1.165) is 23.4 Å². The zero-order chi connectivity index (χ0) is 18.6. The number of nitrogens with two attached hydrogens (primary N) is 1. The molecule has 0 spiro atoms. The van der Waals surface area contributed by atoms with Gasteiger partial charge in [0.05, 0.1) is 25.1 Å². The molecule has 0 saturated heterocycles. The fourth-order valence-corrected chi connectivity index (χ4v) is 4.27. The number of rotatable bonds is 6. The summed E-state index contributed by atoms with van der Waals surface area (Å²) in [5.41, 5.74) is 8.39. The Labute approximate surface area is 176 Å².